The Labute approximate surface area is 88.7 Å². The van der Waals surface area contributed by atoms with Gasteiger partial charge >= 0.3 is 5.69 Å². The first-order valence-electron chi connectivity index (χ1n) is 5.14. The molecular weight excluding hydrogens is 194 g/mol. The Hall–Kier alpha value is -1.43. The summed E-state index contributed by atoms with van der Waals surface area (Å²) >= 11 is 0. The maximum atomic E-state index is 10.8. The Bertz CT molecular complexity index is 333. The summed E-state index contributed by atoms with van der Waals surface area (Å²) in [7, 11) is 0. The molecule has 0 saturated carbocycles. The van der Waals surface area contributed by atoms with Crippen LogP contribution < -0.4 is 11.0 Å². The Morgan fingerprint density at radius 1 is 1.47 bits per heavy atom. The fourth-order valence-corrected chi connectivity index (χ4v) is 1.28. The maximum absolute atomic E-state index is 10.8. The standard InChI is InChI=1S/C9H17N5O/c1-3-14(4-2)6-5-10-8-7-11-13-9(15)12-8/h7H,3-6H2,1-2H3,(H2,10,12,13,15). The van der Waals surface area contributed by atoms with Gasteiger partial charge in [0.1, 0.15) is 0 Å². The summed E-state index contributed by atoms with van der Waals surface area (Å²) in [6.07, 6.45) is 1.50. The highest BCUT2D eigenvalue weighted by Gasteiger charge is 1.99. The molecule has 0 fully saturated rings. The summed E-state index contributed by atoms with van der Waals surface area (Å²) in [4.78, 5) is 16.8. The third kappa shape index (κ3) is 4.07. The summed E-state index contributed by atoms with van der Waals surface area (Å²) in [5.74, 6) is 0.519. The van der Waals surface area contributed by atoms with Crippen LogP contribution in [0.5, 0.6) is 0 Å². The number of aromatic amines is 1. The summed E-state index contributed by atoms with van der Waals surface area (Å²) in [5.41, 5.74) is -0.428. The van der Waals surface area contributed by atoms with E-state index in [9.17, 15) is 4.79 Å². The number of nitrogens with zero attached hydrogens (tertiary/aromatic N) is 3. The molecule has 0 bridgehead atoms. The van der Waals surface area contributed by atoms with Gasteiger partial charge in [0.05, 0.1) is 6.20 Å². The zero-order valence-electron chi connectivity index (χ0n) is 9.16. The van der Waals surface area contributed by atoms with Crippen molar-refractivity contribution in [3.63, 3.8) is 0 Å². The van der Waals surface area contributed by atoms with Crippen LogP contribution in [0, 0.1) is 0 Å². The number of hydrogen-bond donors (Lipinski definition) is 2. The third-order valence-corrected chi connectivity index (χ3v) is 2.20. The molecule has 0 aromatic carbocycles. The molecule has 84 valence electrons. The second-order valence-corrected chi connectivity index (χ2v) is 3.13. The average Bonchev–Trinajstić information content (AvgIpc) is 2.25. The highest BCUT2D eigenvalue weighted by Crippen LogP contribution is 1.93. The van der Waals surface area contributed by atoms with Crippen LogP contribution in [0.15, 0.2) is 11.0 Å². The third-order valence-electron chi connectivity index (χ3n) is 2.20. The topological polar surface area (TPSA) is 73.9 Å². The van der Waals surface area contributed by atoms with E-state index in [0.29, 0.717) is 5.82 Å². The van der Waals surface area contributed by atoms with Crippen molar-refractivity contribution in [2.45, 2.75) is 13.8 Å². The maximum Gasteiger partial charge on any atom is 0.363 e. The van der Waals surface area contributed by atoms with Crippen LogP contribution in [0.3, 0.4) is 0 Å². The van der Waals surface area contributed by atoms with Crippen molar-refractivity contribution in [3.05, 3.63) is 16.7 Å². The van der Waals surface area contributed by atoms with Gasteiger partial charge < -0.3 is 10.2 Å². The van der Waals surface area contributed by atoms with Gasteiger partial charge in [0.2, 0.25) is 0 Å². The molecule has 2 N–H and O–H groups in total. The van der Waals surface area contributed by atoms with E-state index < -0.39 is 5.69 Å². The molecule has 0 atom stereocenters. The molecule has 1 heterocycles. The number of H-pyrrole nitrogens is 1. The summed E-state index contributed by atoms with van der Waals surface area (Å²) in [6.45, 7) is 7.99. The number of rotatable bonds is 6. The number of nitrogens with one attached hydrogen (secondary N) is 2. The summed E-state index contributed by atoms with van der Waals surface area (Å²) < 4.78 is 0. The highest BCUT2D eigenvalue weighted by molar-refractivity contribution is 5.28. The Balaban J connectivity index is 2.34. The van der Waals surface area contributed by atoms with Gasteiger partial charge in [-0.3, -0.25) is 0 Å². The van der Waals surface area contributed by atoms with Crippen LogP contribution in [0.25, 0.3) is 0 Å². The Morgan fingerprint density at radius 3 is 2.80 bits per heavy atom. The molecule has 0 radical (unpaired) electrons. The predicted octanol–water partition coefficient (Wildman–Crippen LogP) is -0.0814. The highest BCUT2D eigenvalue weighted by atomic mass is 16.1. The van der Waals surface area contributed by atoms with E-state index in [2.05, 4.69) is 39.2 Å². The lowest BCUT2D eigenvalue weighted by atomic mass is 10.4. The molecule has 0 amide bonds. The lowest BCUT2D eigenvalue weighted by Crippen LogP contribution is -2.29. The molecule has 0 spiro atoms. The van der Waals surface area contributed by atoms with Crippen molar-refractivity contribution in [2.75, 3.05) is 31.5 Å². The molecule has 1 aromatic rings. The molecular formula is C9H17N5O. The van der Waals surface area contributed by atoms with Gasteiger partial charge in [0, 0.05) is 13.1 Å². The van der Waals surface area contributed by atoms with Crippen molar-refractivity contribution in [3.8, 4) is 0 Å². The number of likely N-dealkylation sites (N-methyl/N-ethyl adjacent to an activating group) is 1. The summed E-state index contributed by atoms with van der Waals surface area (Å²) in [6, 6.07) is 0. The molecule has 1 aromatic heterocycles. The van der Waals surface area contributed by atoms with Crippen LogP contribution >= 0.6 is 0 Å². The SMILES string of the molecule is CCN(CC)CCNc1cn[nH]c(=O)n1. The number of aromatic nitrogens is 3. The molecule has 0 saturated heterocycles. The van der Waals surface area contributed by atoms with Crippen molar-refractivity contribution in [1.29, 1.82) is 0 Å². The molecule has 6 heteroatoms. The first-order valence-corrected chi connectivity index (χ1v) is 5.14. The average molecular weight is 211 g/mol. The minimum Gasteiger partial charge on any atom is -0.367 e. The van der Waals surface area contributed by atoms with Crippen molar-refractivity contribution in [2.24, 2.45) is 0 Å². The zero-order valence-corrected chi connectivity index (χ0v) is 9.16. The molecule has 15 heavy (non-hydrogen) atoms. The minimum atomic E-state index is -0.428. The van der Waals surface area contributed by atoms with E-state index in [1.165, 1.54) is 6.20 Å². The van der Waals surface area contributed by atoms with E-state index in [0.717, 1.165) is 26.2 Å². The predicted molar refractivity (Wildman–Crippen MR) is 58.9 cm³/mol. The van der Waals surface area contributed by atoms with Gasteiger partial charge in [-0.15, -0.1) is 0 Å². The Kier molecular flexibility index (Phi) is 4.76. The van der Waals surface area contributed by atoms with E-state index in [-0.39, 0.29) is 0 Å². The minimum absolute atomic E-state index is 0.428. The van der Waals surface area contributed by atoms with Crippen LogP contribution in [-0.2, 0) is 0 Å². The van der Waals surface area contributed by atoms with Crippen LogP contribution in [-0.4, -0.2) is 46.3 Å². The quantitative estimate of drug-likeness (QED) is 0.688. The van der Waals surface area contributed by atoms with Crippen LogP contribution in [0.4, 0.5) is 5.82 Å². The molecule has 0 unspecified atom stereocenters. The van der Waals surface area contributed by atoms with Gasteiger partial charge in [-0.05, 0) is 13.1 Å². The molecule has 0 aliphatic carbocycles. The van der Waals surface area contributed by atoms with E-state index in [1.54, 1.807) is 0 Å². The van der Waals surface area contributed by atoms with Gasteiger partial charge in [-0.1, -0.05) is 13.8 Å². The second-order valence-electron chi connectivity index (χ2n) is 3.13. The largest absolute Gasteiger partial charge is 0.367 e. The van der Waals surface area contributed by atoms with Crippen molar-refractivity contribution >= 4 is 5.82 Å². The van der Waals surface area contributed by atoms with Crippen LogP contribution in [0.2, 0.25) is 0 Å². The summed E-state index contributed by atoms with van der Waals surface area (Å²) in [5, 5.41) is 8.92. The lowest BCUT2D eigenvalue weighted by Gasteiger charge is -2.17. The monoisotopic (exact) mass is 211 g/mol. The molecule has 0 aliphatic heterocycles. The van der Waals surface area contributed by atoms with Crippen LogP contribution in [0.1, 0.15) is 13.8 Å². The van der Waals surface area contributed by atoms with Crippen molar-refractivity contribution < 1.29 is 0 Å². The number of anilines is 1. The molecule has 1 rings (SSSR count). The van der Waals surface area contributed by atoms with E-state index >= 15 is 0 Å². The van der Waals surface area contributed by atoms with Gasteiger partial charge in [-0.2, -0.15) is 10.1 Å². The fraction of sp³-hybridized carbons (Fsp3) is 0.667. The normalized spacial score (nSPS) is 10.6. The van der Waals surface area contributed by atoms with Gasteiger partial charge in [-0.25, -0.2) is 9.89 Å². The van der Waals surface area contributed by atoms with E-state index in [4.69, 9.17) is 0 Å². The first kappa shape index (κ1) is 11.6. The van der Waals surface area contributed by atoms with Gasteiger partial charge in [0.15, 0.2) is 5.82 Å². The second kappa shape index (κ2) is 6.13. The Morgan fingerprint density at radius 2 is 2.20 bits per heavy atom. The zero-order chi connectivity index (χ0) is 11.1. The first-order chi connectivity index (χ1) is 7.26. The molecule has 0 aliphatic rings. The smallest absolute Gasteiger partial charge is 0.363 e. The van der Waals surface area contributed by atoms with Crippen molar-refractivity contribution in [1.82, 2.24) is 20.1 Å². The lowest BCUT2D eigenvalue weighted by molar-refractivity contribution is 0.316. The fourth-order valence-electron chi connectivity index (χ4n) is 1.28. The van der Waals surface area contributed by atoms with Gasteiger partial charge in [0.25, 0.3) is 0 Å². The molecule has 6 nitrogen and oxygen atoms in total. The number of hydrogen-bond acceptors (Lipinski definition) is 5. The van der Waals surface area contributed by atoms with E-state index in [1.807, 2.05) is 0 Å².